The molecule has 1 heterocycles. The summed E-state index contributed by atoms with van der Waals surface area (Å²) < 4.78 is 1.65. The Bertz CT molecular complexity index is 229. The summed E-state index contributed by atoms with van der Waals surface area (Å²) >= 11 is 0. The summed E-state index contributed by atoms with van der Waals surface area (Å²) in [6.45, 7) is 1.37. The van der Waals surface area contributed by atoms with Gasteiger partial charge in [0.25, 0.3) is 0 Å². The number of anilines is 2. The third-order valence-electron chi connectivity index (χ3n) is 1.48. The highest BCUT2D eigenvalue weighted by molar-refractivity contribution is 5.56. The van der Waals surface area contributed by atoms with Gasteiger partial charge in [-0.15, -0.1) is 0 Å². The van der Waals surface area contributed by atoms with Crippen molar-refractivity contribution in [1.29, 1.82) is 0 Å². The highest BCUT2D eigenvalue weighted by atomic mass is 15.3. The molecule has 0 saturated heterocycles. The molecule has 0 saturated carbocycles. The Morgan fingerprint density at radius 1 is 1.45 bits per heavy atom. The fourth-order valence-electron chi connectivity index (χ4n) is 0.828. The zero-order valence-corrected chi connectivity index (χ0v) is 6.33. The van der Waals surface area contributed by atoms with Gasteiger partial charge in [0.15, 0.2) is 0 Å². The van der Waals surface area contributed by atoms with E-state index in [1.54, 1.807) is 10.9 Å². The molecule has 0 fully saturated rings. The van der Waals surface area contributed by atoms with Crippen molar-refractivity contribution in [3.63, 3.8) is 0 Å². The number of nitrogens with two attached hydrogens (primary N) is 3. The summed E-state index contributed by atoms with van der Waals surface area (Å²) in [5.41, 5.74) is 16.9. The molecule has 0 atom stereocenters. The monoisotopic (exact) mass is 155 g/mol. The molecular formula is C6H13N5. The topological polar surface area (TPSA) is 95.9 Å². The van der Waals surface area contributed by atoms with Gasteiger partial charge >= 0.3 is 0 Å². The van der Waals surface area contributed by atoms with Gasteiger partial charge in [0, 0.05) is 6.54 Å². The lowest BCUT2D eigenvalue weighted by Crippen LogP contribution is -2.09. The molecule has 0 unspecified atom stereocenters. The Morgan fingerprint density at radius 3 is 2.64 bits per heavy atom. The lowest BCUT2D eigenvalue weighted by molar-refractivity contribution is 0.593. The number of rotatable bonds is 3. The van der Waals surface area contributed by atoms with E-state index in [2.05, 4.69) is 5.10 Å². The zero-order valence-electron chi connectivity index (χ0n) is 6.33. The molecule has 0 aliphatic carbocycles. The molecule has 62 valence electrons. The van der Waals surface area contributed by atoms with E-state index in [4.69, 9.17) is 17.2 Å². The average Bonchev–Trinajstić information content (AvgIpc) is 2.31. The first-order chi connectivity index (χ1) is 5.25. The first kappa shape index (κ1) is 7.87. The summed E-state index contributed by atoms with van der Waals surface area (Å²) in [6, 6.07) is 0. The molecule has 0 aliphatic heterocycles. The van der Waals surface area contributed by atoms with Crippen LogP contribution in [0.4, 0.5) is 11.5 Å². The van der Waals surface area contributed by atoms with Gasteiger partial charge in [0.1, 0.15) is 5.82 Å². The van der Waals surface area contributed by atoms with Crippen LogP contribution in [-0.2, 0) is 6.54 Å². The van der Waals surface area contributed by atoms with Gasteiger partial charge in [-0.2, -0.15) is 5.10 Å². The fourth-order valence-corrected chi connectivity index (χ4v) is 0.828. The second-order valence-corrected chi connectivity index (χ2v) is 2.35. The number of aromatic nitrogens is 2. The number of hydrogen-bond acceptors (Lipinski definition) is 4. The molecule has 6 N–H and O–H groups in total. The third-order valence-corrected chi connectivity index (χ3v) is 1.48. The minimum Gasteiger partial charge on any atom is -0.394 e. The molecule has 1 aromatic heterocycles. The standard InChI is InChI=1S/C6H13N5/c7-2-1-3-11-6(9)5(8)4-10-11/h4H,1-3,7-9H2. The molecule has 0 aliphatic rings. The molecule has 5 nitrogen and oxygen atoms in total. The summed E-state index contributed by atoms with van der Waals surface area (Å²) in [5.74, 6) is 0.526. The van der Waals surface area contributed by atoms with E-state index in [1.807, 2.05) is 0 Å². The number of nitrogens with zero attached hydrogens (tertiary/aromatic N) is 2. The number of hydrogen-bond donors (Lipinski definition) is 3. The first-order valence-corrected chi connectivity index (χ1v) is 3.52. The van der Waals surface area contributed by atoms with E-state index in [1.165, 1.54) is 0 Å². The maximum Gasteiger partial charge on any atom is 0.145 e. The average molecular weight is 155 g/mol. The van der Waals surface area contributed by atoms with E-state index < -0.39 is 0 Å². The summed E-state index contributed by atoms with van der Waals surface area (Å²) in [6.07, 6.45) is 2.41. The summed E-state index contributed by atoms with van der Waals surface area (Å²) in [5, 5.41) is 3.96. The highest BCUT2D eigenvalue weighted by Gasteiger charge is 2.01. The van der Waals surface area contributed by atoms with Crippen molar-refractivity contribution in [1.82, 2.24) is 9.78 Å². The van der Waals surface area contributed by atoms with Crippen LogP contribution < -0.4 is 17.2 Å². The fraction of sp³-hybridized carbons (Fsp3) is 0.500. The Balaban J connectivity index is 2.63. The van der Waals surface area contributed by atoms with Crippen molar-refractivity contribution in [3.05, 3.63) is 6.20 Å². The van der Waals surface area contributed by atoms with Crippen LogP contribution in [0.15, 0.2) is 6.20 Å². The van der Waals surface area contributed by atoms with Gasteiger partial charge < -0.3 is 17.2 Å². The van der Waals surface area contributed by atoms with Crippen LogP contribution in [-0.4, -0.2) is 16.3 Å². The van der Waals surface area contributed by atoms with Crippen LogP contribution in [0.25, 0.3) is 0 Å². The van der Waals surface area contributed by atoms with Crippen LogP contribution >= 0.6 is 0 Å². The van der Waals surface area contributed by atoms with Crippen molar-refractivity contribution < 1.29 is 0 Å². The number of nitrogen functional groups attached to an aromatic ring is 2. The molecule has 0 bridgehead atoms. The Morgan fingerprint density at radius 2 is 2.18 bits per heavy atom. The van der Waals surface area contributed by atoms with Crippen LogP contribution in [0.2, 0.25) is 0 Å². The van der Waals surface area contributed by atoms with Gasteiger partial charge in [0.05, 0.1) is 11.9 Å². The van der Waals surface area contributed by atoms with Gasteiger partial charge in [-0.1, -0.05) is 0 Å². The van der Waals surface area contributed by atoms with Crippen LogP contribution in [0, 0.1) is 0 Å². The van der Waals surface area contributed by atoms with Gasteiger partial charge in [0.2, 0.25) is 0 Å². The first-order valence-electron chi connectivity index (χ1n) is 3.52. The van der Waals surface area contributed by atoms with Gasteiger partial charge in [-0.3, -0.25) is 0 Å². The highest BCUT2D eigenvalue weighted by Crippen LogP contribution is 2.11. The lowest BCUT2D eigenvalue weighted by atomic mass is 10.4. The SMILES string of the molecule is NCCCn1ncc(N)c1N. The smallest absolute Gasteiger partial charge is 0.145 e. The molecule has 0 amide bonds. The molecule has 1 aromatic rings. The van der Waals surface area contributed by atoms with Gasteiger partial charge in [-0.25, -0.2) is 4.68 Å². The second-order valence-electron chi connectivity index (χ2n) is 2.35. The van der Waals surface area contributed by atoms with E-state index in [0.717, 1.165) is 13.0 Å². The van der Waals surface area contributed by atoms with Crippen molar-refractivity contribution in [2.24, 2.45) is 5.73 Å². The summed E-state index contributed by atoms with van der Waals surface area (Å²) in [4.78, 5) is 0. The van der Waals surface area contributed by atoms with Gasteiger partial charge in [-0.05, 0) is 13.0 Å². The molecule has 0 radical (unpaired) electrons. The summed E-state index contributed by atoms with van der Waals surface area (Å²) in [7, 11) is 0. The minimum absolute atomic E-state index is 0.526. The number of aryl methyl sites for hydroxylation is 1. The lowest BCUT2D eigenvalue weighted by Gasteiger charge is -2.01. The predicted octanol–water partition coefficient (Wildman–Crippen LogP) is -0.604. The van der Waals surface area contributed by atoms with Crippen molar-refractivity contribution in [3.8, 4) is 0 Å². The third kappa shape index (κ3) is 1.62. The van der Waals surface area contributed by atoms with E-state index in [9.17, 15) is 0 Å². The maximum absolute atomic E-state index is 5.58. The van der Waals surface area contributed by atoms with E-state index >= 15 is 0 Å². The molecule has 0 spiro atoms. The van der Waals surface area contributed by atoms with Crippen molar-refractivity contribution in [2.75, 3.05) is 18.0 Å². The normalized spacial score (nSPS) is 10.3. The van der Waals surface area contributed by atoms with E-state index in [-0.39, 0.29) is 0 Å². The molecule has 11 heavy (non-hydrogen) atoms. The Labute approximate surface area is 65.2 Å². The Kier molecular flexibility index (Phi) is 2.32. The predicted molar refractivity (Wildman–Crippen MR) is 44.7 cm³/mol. The second kappa shape index (κ2) is 3.25. The van der Waals surface area contributed by atoms with E-state index in [0.29, 0.717) is 18.1 Å². The van der Waals surface area contributed by atoms with Crippen LogP contribution in [0.5, 0.6) is 0 Å². The molecular weight excluding hydrogens is 142 g/mol. The van der Waals surface area contributed by atoms with Crippen molar-refractivity contribution in [2.45, 2.75) is 13.0 Å². The largest absolute Gasteiger partial charge is 0.394 e. The molecule has 5 heteroatoms. The zero-order chi connectivity index (χ0) is 8.27. The van der Waals surface area contributed by atoms with Crippen molar-refractivity contribution >= 4 is 11.5 Å². The molecule has 1 rings (SSSR count). The Hall–Kier alpha value is -1.23. The van der Waals surface area contributed by atoms with Crippen LogP contribution in [0.1, 0.15) is 6.42 Å². The quantitative estimate of drug-likeness (QED) is 0.543. The molecule has 0 aromatic carbocycles. The minimum atomic E-state index is 0.526. The van der Waals surface area contributed by atoms with Crippen LogP contribution in [0.3, 0.4) is 0 Å². The maximum atomic E-state index is 5.58.